The van der Waals surface area contributed by atoms with Gasteiger partial charge in [0.25, 0.3) is 0 Å². The maximum absolute atomic E-state index is 8.90. The zero-order valence-corrected chi connectivity index (χ0v) is 13.5. The monoisotopic (exact) mass is 271 g/mol. The topological polar surface area (TPSA) is 41.5 Å². The molecule has 2 atom stereocenters. The van der Waals surface area contributed by atoms with Gasteiger partial charge in [0.05, 0.1) is 18.8 Å². The predicted octanol–water partition coefficient (Wildman–Crippen LogP) is 2.68. The first-order valence-corrected chi connectivity index (χ1v) is 9.87. The molecule has 0 amide bonds. The molecule has 0 spiro atoms. The summed E-state index contributed by atoms with van der Waals surface area (Å²) in [5.74, 6) is 0. The number of aliphatic hydroxyl groups excluding tert-OH is 1. The summed E-state index contributed by atoms with van der Waals surface area (Å²) in [4.78, 5) is 0. The zero-order chi connectivity index (χ0) is 13.8. The van der Waals surface area contributed by atoms with Gasteiger partial charge in [-0.25, -0.2) is 0 Å². The normalized spacial score (nSPS) is 26.8. The van der Waals surface area contributed by atoms with Crippen LogP contribution >= 0.6 is 0 Å². The van der Waals surface area contributed by atoms with Crippen molar-refractivity contribution in [1.82, 2.24) is 5.32 Å². The van der Waals surface area contributed by atoms with Gasteiger partial charge in [-0.05, 0) is 37.5 Å². The Morgan fingerprint density at radius 3 is 2.61 bits per heavy atom. The van der Waals surface area contributed by atoms with E-state index in [0.29, 0.717) is 0 Å². The highest BCUT2D eigenvalue weighted by Gasteiger charge is 2.40. The molecule has 0 aliphatic carbocycles. The molecule has 0 aromatic carbocycles. The summed E-state index contributed by atoms with van der Waals surface area (Å²) in [5.41, 5.74) is 0. The molecule has 3 nitrogen and oxygen atoms in total. The standard InChI is InChI=1S/C14H29NO2Si/c1-14(2,3)18(4,5)17-13-9-6-10-15-12(13)8-7-11-16/h7-8,12-13,15-16H,6,9-11H2,1-5H3/b8-7+/t12-,13+/m1/s1. The first kappa shape index (κ1) is 15.9. The van der Waals surface area contributed by atoms with Gasteiger partial charge in [-0.1, -0.05) is 32.9 Å². The molecule has 1 heterocycles. The molecule has 0 radical (unpaired) electrons. The van der Waals surface area contributed by atoms with E-state index in [1.165, 1.54) is 6.42 Å². The van der Waals surface area contributed by atoms with E-state index in [9.17, 15) is 0 Å². The van der Waals surface area contributed by atoms with Gasteiger partial charge in [0, 0.05) is 0 Å². The minimum atomic E-state index is -1.71. The number of hydrogen-bond donors (Lipinski definition) is 2. The maximum Gasteiger partial charge on any atom is 0.192 e. The van der Waals surface area contributed by atoms with E-state index >= 15 is 0 Å². The lowest BCUT2D eigenvalue weighted by atomic mass is 10.0. The van der Waals surface area contributed by atoms with Crippen LogP contribution in [0.1, 0.15) is 33.6 Å². The molecule has 0 aromatic rings. The minimum absolute atomic E-state index is 0.102. The van der Waals surface area contributed by atoms with Crippen molar-refractivity contribution in [3.63, 3.8) is 0 Å². The molecule has 1 aliphatic rings. The van der Waals surface area contributed by atoms with Gasteiger partial charge in [-0.3, -0.25) is 0 Å². The van der Waals surface area contributed by atoms with Gasteiger partial charge in [-0.15, -0.1) is 0 Å². The average molecular weight is 271 g/mol. The molecule has 0 bridgehead atoms. The number of hydrogen-bond acceptors (Lipinski definition) is 3. The Hall–Kier alpha value is -0.163. The summed E-state index contributed by atoms with van der Waals surface area (Å²) in [5, 5.41) is 12.6. The lowest BCUT2D eigenvalue weighted by Crippen LogP contribution is -2.52. The summed E-state index contributed by atoms with van der Waals surface area (Å²) in [7, 11) is -1.71. The van der Waals surface area contributed by atoms with Gasteiger partial charge < -0.3 is 14.8 Å². The van der Waals surface area contributed by atoms with Gasteiger partial charge in [0.15, 0.2) is 8.32 Å². The second-order valence-electron chi connectivity index (χ2n) is 6.65. The molecule has 1 rings (SSSR count). The smallest absolute Gasteiger partial charge is 0.192 e. The van der Waals surface area contributed by atoms with E-state index in [4.69, 9.17) is 9.53 Å². The second-order valence-corrected chi connectivity index (χ2v) is 11.4. The van der Waals surface area contributed by atoms with Crippen molar-refractivity contribution < 1.29 is 9.53 Å². The number of nitrogens with one attached hydrogen (secondary N) is 1. The van der Waals surface area contributed by atoms with E-state index < -0.39 is 8.32 Å². The van der Waals surface area contributed by atoms with Crippen molar-refractivity contribution in [3.8, 4) is 0 Å². The Labute approximate surface area is 113 Å². The molecular weight excluding hydrogens is 242 g/mol. The van der Waals surface area contributed by atoms with Crippen molar-refractivity contribution in [2.45, 2.75) is 63.9 Å². The number of piperidine rings is 1. The molecule has 0 unspecified atom stereocenters. The minimum Gasteiger partial charge on any atom is -0.412 e. The highest BCUT2D eigenvalue weighted by Crippen LogP contribution is 2.38. The molecule has 18 heavy (non-hydrogen) atoms. The molecule has 1 fully saturated rings. The fourth-order valence-electron chi connectivity index (χ4n) is 1.97. The number of rotatable bonds is 4. The van der Waals surface area contributed by atoms with E-state index in [2.05, 4.69) is 45.3 Å². The highest BCUT2D eigenvalue weighted by atomic mass is 28.4. The van der Waals surface area contributed by atoms with Crippen LogP contribution in [0.15, 0.2) is 12.2 Å². The molecule has 1 saturated heterocycles. The Kier molecular flexibility index (Phi) is 5.59. The lowest BCUT2D eigenvalue weighted by Gasteiger charge is -2.42. The highest BCUT2D eigenvalue weighted by molar-refractivity contribution is 6.74. The molecule has 2 N–H and O–H groups in total. The predicted molar refractivity (Wildman–Crippen MR) is 79.3 cm³/mol. The van der Waals surface area contributed by atoms with Gasteiger partial charge in [-0.2, -0.15) is 0 Å². The Morgan fingerprint density at radius 2 is 2.06 bits per heavy atom. The fraction of sp³-hybridized carbons (Fsp3) is 0.857. The van der Waals surface area contributed by atoms with Gasteiger partial charge in [0.2, 0.25) is 0 Å². The second kappa shape index (κ2) is 6.33. The third-order valence-electron chi connectivity index (χ3n) is 4.15. The van der Waals surface area contributed by atoms with Crippen LogP contribution in [0.25, 0.3) is 0 Å². The molecule has 106 valence electrons. The van der Waals surface area contributed by atoms with Crippen molar-refractivity contribution >= 4 is 8.32 Å². The summed E-state index contributed by atoms with van der Waals surface area (Å²) < 4.78 is 6.50. The van der Waals surface area contributed by atoms with Crippen LogP contribution in [0, 0.1) is 0 Å². The largest absolute Gasteiger partial charge is 0.412 e. The van der Waals surface area contributed by atoms with Crippen LogP contribution in [0.5, 0.6) is 0 Å². The SMILES string of the molecule is CC(C)(C)[Si](C)(C)O[C@H]1CCCN[C@@H]1/C=C/CO. The molecule has 0 saturated carbocycles. The van der Waals surface area contributed by atoms with E-state index in [1.807, 2.05) is 6.08 Å². The molecule has 1 aliphatic heterocycles. The van der Waals surface area contributed by atoms with Crippen LogP contribution in [0.2, 0.25) is 18.1 Å². The quantitative estimate of drug-likeness (QED) is 0.610. The van der Waals surface area contributed by atoms with Crippen LogP contribution in [-0.2, 0) is 4.43 Å². The molecule has 0 aromatic heterocycles. The van der Waals surface area contributed by atoms with E-state index in [-0.39, 0.29) is 23.8 Å². The van der Waals surface area contributed by atoms with Crippen LogP contribution < -0.4 is 5.32 Å². The van der Waals surface area contributed by atoms with E-state index in [1.54, 1.807) is 0 Å². The van der Waals surface area contributed by atoms with Gasteiger partial charge in [0.1, 0.15) is 0 Å². The van der Waals surface area contributed by atoms with Crippen LogP contribution in [0.3, 0.4) is 0 Å². The van der Waals surface area contributed by atoms with E-state index in [0.717, 1.165) is 13.0 Å². The third kappa shape index (κ3) is 4.19. The molecular formula is C14H29NO2Si. The fourth-order valence-corrected chi connectivity index (χ4v) is 3.34. The van der Waals surface area contributed by atoms with Gasteiger partial charge >= 0.3 is 0 Å². The Morgan fingerprint density at radius 1 is 1.39 bits per heavy atom. The summed E-state index contributed by atoms with van der Waals surface area (Å²) in [6.07, 6.45) is 6.40. The van der Waals surface area contributed by atoms with Crippen molar-refractivity contribution in [2.75, 3.05) is 13.2 Å². The van der Waals surface area contributed by atoms with Crippen molar-refractivity contribution in [1.29, 1.82) is 0 Å². The summed E-state index contributed by atoms with van der Waals surface area (Å²) >= 11 is 0. The third-order valence-corrected chi connectivity index (χ3v) is 8.65. The first-order chi connectivity index (χ1) is 8.28. The number of aliphatic hydroxyl groups is 1. The zero-order valence-electron chi connectivity index (χ0n) is 12.5. The Balaban J connectivity index is 2.70. The maximum atomic E-state index is 8.90. The summed E-state index contributed by atoms with van der Waals surface area (Å²) in [6.45, 7) is 12.6. The van der Waals surface area contributed by atoms with Crippen LogP contribution in [-0.4, -0.2) is 38.7 Å². The summed E-state index contributed by atoms with van der Waals surface area (Å²) in [6, 6.07) is 0.250. The molecule has 4 heteroatoms. The Bertz CT molecular complexity index is 284. The van der Waals surface area contributed by atoms with Crippen molar-refractivity contribution in [3.05, 3.63) is 12.2 Å². The average Bonchev–Trinajstić information content (AvgIpc) is 2.26. The van der Waals surface area contributed by atoms with Crippen LogP contribution in [0.4, 0.5) is 0 Å². The first-order valence-electron chi connectivity index (χ1n) is 6.96. The lowest BCUT2D eigenvalue weighted by molar-refractivity contribution is 0.123. The van der Waals surface area contributed by atoms with Crippen molar-refractivity contribution in [2.24, 2.45) is 0 Å².